The number of carbonyl (C=O) groups excluding carboxylic acids is 1. The molecular formula is C18H15F2N7O. The molecule has 0 spiro atoms. The maximum absolute atomic E-state index is 13.3. The number of amides is 1. The van der Waals surface area contributed by atoms with Crippen molar-refractivity contribution in [2.45, 2.75) is 18.9 Å². The van der Waals surface area contributed by atoms with Crippen LogP contribution in [0, 0.1) is 0 Å². The summed E-state index contributed by atoms with van der Waals surface area (Å²) in [5.74, 6) is -0.528. The number of nitrogens with zero attached hydrogens (tertiary/aromatic N) is 5. The first kappa shape index (κ1) is 16.6. The van der Waals surface area contributed by atoms with Crippen LogP contribution in [0.5, 0.6) is 0 Å². The van der Waals surface area contributed by atoms with E-state index in [0.717, 1.165) is 17.4 Å². The summed E-state index contributed by atoms with van der Waals surface area (Å²) in [5, 5.41) is 10.4. The van der Waals surface area contributed by atoms with Gasteiger partial charge in [-0.3, -0.25) is 9.89 Å². The van der Waals surface area contributed by atoms with Gasteiger partial charge in [0.2, 0.25) is 0 Å². The number of halogens is 2. The minimum Gasteiger partial charge on any atom is -0.348 e. The highest BCUT2D eigenvalue weighted by molar-refractivity contribution is 5.95. The smallest absolute Gasteiger partial charge is 0.280 e. The molecule has 28 heavy (non-hydrogen) atoms. The van der Waals surface area contributed by atoms with Gasteiger partial charge in [-0.2, -0.15) is 10.2 Å². The summed E-state index contributed by atoms with van der Waals surface area (Å²) in [4.78, 5) is 22.2. The molecule has 0 radical (unpaired) electrons. The fourth-order valence-corrected chi connectivity index (χ4v) is 3.67. The van der Waals surface area contributed by atoms with Gasteiger partial charge in [0.05, 0.1) is 35.0 Å². The number of fused-ring (bicyclic) bond motifs is 2. The van der Waals surface area contributed by atoms with Crippen LogP contribution in [-0.2, 0) is 6.42 Å². The Labute approximate surface area is 157 Å². The topological polar surface area (TPSA) is 95.0 Å². The van der Waals surface area contributed by atoms with E-state index < -0.39 is 24.1 Å². The third-order valence-electron chi connectivity index (χ3n) is 4.97. The average Bonchev–Trinajstić information content (AvgIpc) is 3.44. The highest BCUT2D eigenvalue weighted by Gasteiger charge is 2.37. The van der Waals surface area contributed by atoms with E-state index in [1.165, 1.54) is 4.90 Å². The Kier molecular flexibility index (Phi) is 3.71. The Morgan fingerprint density at radius 2 is 2.21 bits per heavy atom. The van der Waals surface area contributed by atoms with Crippen molar-refractivity contribution in [3.63, 3.8) is 0 Å². The molecule has 142 valence electrons. The van der Waals surface area contributed by atoms with Crippen molar-refractivity contribution in [1.29, 1.82) is 0 Å². The molecule has 0 saturated carbocycles. The van der Waals surface area contributed by atoms with Gasteiger partial charge in [-0.1, -0.05) is 6.07 Å². The second kappa shape index (κ2) is 6.25. The molecule has 5 heterocycles. The van der Waals surface area contributed by atoms with Gasteiger partial charge in [0.25, 0.3) is 12.3 Å². The van der Waals surface area contributed by atoms with E-state index in [-0.39, 0.29) is 5.56 Å². The second-order valence-corrected chi connectivity index (χ2v) is 6.55. The fraction of sp³-hybridized carbons (Fsp3) is 0.222. The summed E-state index contributed by atoms with van der Waals surface area (Å²) < 4.78 is 28.2. The number of rotatable bonds is 3. The molecule has 2 N–H and O–H groups in total. The zero-order valence-electron chi connectivity index (χ0n) is 14.5. The monoisotopic (exact) mass is 383 g/mol. The molecule has 1 aliphatic rings. The van der Waals surface area contributed by atoms with Crippen molar-refractivity contribution in [2.24, 2.45) is 0 Å². The van der Waals surface area contributed by atoms with Gasteiger partial charge in [0.1, 0.15) is 11.7 Å². The lowest BCUT2D eigenvalue weighted by Gasteiger charge is -2.33. The minimum atomic E-state index is -2.82. The summed E-state index contributed by atoms with van der Waals surface area (Å²) >= 11 is 0. The Bertz CT molecular complexity index is 1130. The van der Waals surface area contributed by atoms with Crippen LogP contribution in [0.1, 0.15) is 45.6 Å². The van der Waals surface area contributed by atoms with Gasteiger partial charge in [-0.15, -0.1) is 0 Å². The largest absolute Gasteiger partial charge is 0.348 e. The molecule has 0 bridgehead atoms. The van der Waals surface area contributed by atoms with Crippen LogP contribution in [0.25, 0.3) is 5.52 Å². The van der Waals surface area contributed by atoms with Crippen molar-refractivity contribution < 1.29 is 13.6 Å². The predicted molar refractivity (Wildman–Crippen MR) is 93.9 cm³/mol. The van der Waals surface area contributed by atoms with Crippen LogP contribution >= 0.6 is 0 Å². The standard InChI is InChI=1S/C18H15F2N7O/c19-17(20)14-11(8-23-24-14)18(28)26-6-4-12-15(22-9-21-12)16(26)13-7-10-3-1-2-5-27(10)25-13/h1-3,5,7-9,16-17H,4,6H2,(H,21,22)(H,23,24)/t16-/m1/s1. The zero-order valence-corrected chi connectivity index (χ0v) is 14.5. The highest BCUT2D eigenvalue weighted by atomic mass is 19.3. The van der Waals surface area contributed by atoms with E-state index in [4.69, 9.17) is 0 Å². The molecule has 4 aromatic heterocycles. The van der Waals surface area contributed by atoms with E-state index >= 15 is 0 Å². The van der Waals surface area contributed by atoms with Gasteiger partial charge in [0, 0.05) is 24.9 Å². The van der Waals surface area contributed by atoms with E-state index in [0.29, 0.717) is 24.4 Å². The fourth-order valence-electron chi connectivity index (χ4n) is 3.67. The number of pyridine rings is 1. The summed E-state index contributed by atoms with van der Waals surface area (Å²) in [5.41, 5.74) is 2.45. The lowest BCUT2D eigenvalue weighted by Crippen LogP contribution is -2.41. The molecule has 0 aromatic carbocycles. The van der Waals surface area contributed by atoms with Crippen molar-refractivity contribution in [3.05, 3.63) is 71.3 Å². The van der Waals surface area contributed by atoms with E-state index in [9.17, 15) is 13.6 Å². The number of carbonyl (C=O) groups is 1. The maximum Gasteiger partial charge on any atom is 0.280 e. The Balaban J connectivity index is 1.62. The number of alkyl halides is 2. The van der Waals surface area contributed by atoms with Gasteiger partial charge >= 0.3 is 0 Å². The summed E-state index contributed by atoms with van der Waals surface area (Å²) in [7, 11) is 0. The van der Waals surface area contributed by atoms with Crippen LogP contribution in [0.15, 0.2) is 43.0 Å². The number of aromatic amines is 2. The van der Waals surface area contributed by atoms with Gasteiger partial charge in [-0.05, 0) is 18.2 Å². The molecule has 1 atom stereocenters. The number of hydrogen-bond acceptors (Lipinski definition) is 4. The van der Waals surface area contributed by atoms with E-state index in [2.05, 4.69) is 25.3 Å². The molecule has 10 heteroatoms. The van der Waals surface area contributed by atoms with Crippen molar-refractivity contribution in [2.75, 3.05) is 6.54 Å². The minimum absolute atomic E-state index is 0.136. The third kappa shape index (κ3) is 2.48. The van der Waals surface area contributed by atoms with E-state index in [1.54, 1.807) is 10.8 Å². The number of nitrogens with one attached hydrogen (secondary N) is 2. The molecule has 1 amide bonds. The van der Waals surface area contributed by atoms with Crippen LogP contribution in [0.4, 0.5) is 8.78 Å². The Morgan fingerprint density at radius 1 is 1.32 bits per heavy atom. The zero-order chi connectivity index (χ0) is 19.3. The van der Waals surface area contributed by atoms with Gasteiger partial charge in [0.15, 0.2) is 0 Å². The van der Waals surface area contributed by atoms with Gasteiger partial charge in [-0.25, -0.2) is 18.3 Å². The van der Waals surface area contributed by atoms with Crippen LogP contribution in [-0.4, -0.2) is 47.1 Å². The highest BCUT2D eigenvalue weighted by Crippen LogP contribution is 2.35. The molecule has 1 aliphatic heterocycles. The Hall–Kier alpha value is -3.56. The molecule has 8 nitrogen and oxygen atoms in total. The van der Waals surface area contributed by atoms with Crippen LogP contribution < -0.4 is 0 Å². The summed E-state index contributed by atoms with van der Waals surface area (Å²) in [6.07, 6.45) is 2.26. The number of H-pyrrole nitrogens is 2. The normalized spacial score (nSPS) is 16.7. The van der Waals surface area contributed by atoms with Crippen LogP contribution in [0.3, 0.4) is 0 Å². The van der Waals surface area contributed by atoms with Crippen LogP contribution in [0.2, 0.25) is 0 Å². The third-order valence-corrected chi connectivity index (χ3v) is 4.97. The Morgan fingerprint density at radius 3 is 3.04 bits per heavy atom. The van der Waals surface area contributed by atoms with E-state index in [1.807, 2.05) is 30.5 Å². The lowest BCUT2D eigenvalue weighted by molar-refractivity contribution is 0.0675. The number of aromatic nitrogens is 6. The molecule has 5 rings (SSSR count). The summed E-state index contributed by atoms with van der Waals surface area (Å²) in [6, 6.07) is 6.95. The van der Waals surface area contributed by atoms with Gasteiger partial charge < -0.3 is 9.88 Å². The first-order valence-corrected chi connectivity index (χ1v) is 8.72. The molecule has 4 aromatic rings. The molecule has 0 unspecified atom stereocenters. The number of imidazole rings is 1. The quantitative estimate of drug-likeness (QED) is 0.568. The predicted octanol–water partition coefficient (Wildman–Crippen LogP) is 2.51. The van der Waals surface area contributed by atoms with Crippen molar-refractivity contribution in [3.8, 4) is 0 Å². The first-order valence-electron chi connectivity index (χ1n) is 8.72. The second-order valence-electron chi connectivity index (χ2n) is 6.55. The van der Waals surface area contributed by atoms with Crippen molar-refractivity contribution in [1.82, 2.24) is 34.7 Å². The SMILES string of the molecule is O=C(c1cn[nH]c1C(F)F)N1CCc2[nH]cnc2[C@H]1c1cc2ccccn2n1. The first-order chi connectivity index (χ1) is 13.6. The summed E-state index contributed by atoms with van der Waals surface area (Å²) in [6.45, 7) is 0.348. The molecule has 0 fully saturated rings. The molecule has 0 aliphatic carbocycles. The number of hydrogen-bond donors (Lipinski definition) is 2. The average molecular weight is 383 g/mol. The molecule has 0 saturated heterocycles. The maximum atomic E-state index is 13.3. The lowest BCUT2D eigenvalue weighted by atomic mass is 9.98. The molecular weight excluding hydrogens is 368 g/mol. The van der Waals surface area contributed by atoms with Crippen molar-refractivity contribution >= 4 is 11.4 Å².